The first-order chi connectivity index (χ1) is 14.9. The maximum absolute atomic E-state index is 12.4. The highest BCUT2D eigenvalue weighted by atomic mass is 35.5. The number of amides is 1. The fourth-order valence-electron chi connectivity index (χ4n) is 3.95. The molecule has 0 atom stereocenters. The van der Waals surface area contributed by atoms with Crippen LogP contribution in [0.5, 0.6) is 0 Å². The van der Waals surface area contributed by atoms with E-state index in [0.717, 1.165) is 48.3 Å². The summed E-state index contributed by atoms with van der Waals surface area (Å²) in [6.07, 6.45) is 8.11. The molecule has 0 spiro atoms. The Balaban J connectivity index is 2.14. The Morgan fingerprint density at radius 3 is 2.61 bits per heavy atom. The van der Waals surface area contributed by atoms with Crippen molar-refractivity contribution in [1.82, 2.24) is 14.5 Å². The number of carbonyl (C=O) groups is 1. The van der Waals surface area contributed by atoms with Crippen LogP contribution < -0.4 is 0 Å². The molecule has 0 N–H and O–H groups in total. The van der Waals surface area contributed by atoms with Crippen molar-refractivity contribution in [2.24, 2.45) is 5.18 Å². The van der Waals surface area contributed by atoms with Gasteiger partial charge in [-0.15, -0.1) is 4.91 Å². The average Bonchev–Trinajstić information content (AvgIpc) is 3.40. The van der Waals surface area contributed by atoms with Crippen LogP contribution in [0, 0.1) is 18.8 Å². The van der Waals surface area contributed by atoms with Crippen molar-refractivity contribution < 1.29 is 4.79 Å². The minimum absolute atomic E-state index is 0.177. The van der Waals surface area contributed by atoms with Crippen LogP contribution in [0.1, 0.15) is 52.9 Å². The fraction of sp³-hybridized carbons (Fsp3) is 0.333. The van der Waals surface area contributed by atoms with Crippen LogP contribution in [0.25, 0.3) is 5.57 Å². The van der Waals surface area contributed by atoms with Crippen molar-refractivity contribution in [2.45, 2.75) is 40.2 Å². The monoisotopic (exact) mass is 438 g/mol. The molecule has 162 valence electrons. The van der Waals surface area contributed by atoms with Gasteiger partial charge < -0.3 is 9.47 Å². The van der Waals surface area contributed by atoms with Gasteiger partial charge in [-0.2, -0.15) is 0 Å². The van der Waals surface area contributed by atoms with Crippen LogP contribution in [-0.4, -0.2) is 33.4 Å². The van der Waals surface area contributed by atoms with Gasteiger partial charge in [0.25, 0.3) is 0 Å². The molecule has 0 bridgehead atoms. The van der Waals surface area contributed by atoms with Crippen molar-refractivity contribution in [2.75, 3.05) is 13.1 Å². The van der Waals surface area contributed by atoms with E-state index in [1.807, 2.05) is 50.3 Å². The van der Waals surface area contributed by atoms with Gasteiger partial charge in [0.2, 0.25) is 0 Å². The molecule has 0 radical (unpaired) electrons. The minimum atomic E-state index is -0.844. The predicted octanol–water partition coefficient (Wildman–Crippen LogP) is 5.68. The SMILES string of the molecule is C=C/C(=C\C(=C/C)c1nc(C)c(C(=O)N=O)n1Cc1cc(C)ccc1Cl)N1CCCC1. The zero-order valence-electron chi connectivity index (χ0n) is 18.2. The van der Waals surface area contributed by atoms with Gasteiger partial charge in [0, 0.05) is 34.6 Å². The standard InChI is InChI=1S/C24H27ClN4O2/c1-5-18(14-20(6-2)28-11-7-8-12-28)23-26-17(4)22(24(30)27-31)29(23)15-19-13-16(3)9-10-21(19)25/h5-6,9-10,13-14H,2,7-8,11-12,15H2,1,3-4H3/b18-5+,20-14+. The second-order valence-corrected chi connectivity index (χ2v) is 8.07. The first kappa shape index (κ1) is 22.7. The maximum atomic E-state index is 12.4. The third-order valence-electron chi connectivity index (χ3n) is 5.51. The van der Waals surface area contributed by atoms with Crippen LogP contribution in [0.4, 0.5) is 0 Å². The molecular formula is C24H27ClN4O2. The van der Waals surface area contributed by atoms with Crippen LogP contribution >= 0.6 is 11.6 Å². The summed E-state index contributed by atoms with van der Waals surface area (Å²) in [5.74, 6) is -0.258. The summed E-state index contributed by atoms with van der Waals surface area (Å²) < 4.78 is 1.73. The molecule has 1 aliphatic heterocycles. The Labute approximate surface area is 187 Å². The fourth-order valence-corrected chi connectivity index (χ4v) is 4.12. The summed E-state index contributed by atoms with van der Waals surface area (Å²) in [5.41, 5.74) is 4.36. The van der Waals surface area contributed by atoms with E-state index in [1.54, 1.807) is 11.5 Å². The van der Waals surface area contributed by atoms with E-state index in [4.69, 9.17) is 11.6 Å². The highest BCUT2D eigenvalue weighted by Gasteiger charge is 2.24. The van der Waals surface area contributed by atoms with Crippen molar-refractivity contribution in [3.8, 4) is 0 Å². The second-order valence-electron chi connectivity index (χ2n) is 7.66. The number of allylic oxidation sites excluding steroid dienone is 4. The zero-order chi connectivity index (χ0) is 22.5. The van der Waals surface area contributed by atoms with Gasteiger partial charge in [0.05, 0.1) is 12.2 Å². The first-order valence-electron chi connectivity index (χ1n) is 10.3. The summed E-state index contributed by atoms with van der Waals surface area (Å²) in [6, 6.07) is 5.72. The molecule has 1 aromatic carbocycles. The third-order valence-corrected chi connectivity index (χ3v) is 5.88. The Morgan fingerprint density at radius 1 is 1.29 bits per heavy atom. The molecule has 2 heterocycles. The van der Waals surface area contributed by atoms with Crippen LogP contribution in [0.3, 0.4) is 0 Å². The molecular weight excluding hydrogens is 412 g/mol. The normalized spacial score (nSPS) is 14.8. The molecule has 1 aromatic heterocycles. The number of benzene rings is 1. The number of hydrogen-bond acceptors (Lipinski definition) is 4. The lowest BCUT2D eigenvalue weighted by molar-refractivity contribution is 0.0991. The number of nitroso groups, excluding NO2 is 1. The summed E-state index contributed by atoms with van der Waals surface area (Å²) in [5, 5.41) is 3.24. The highest BCUT2D eigenvalue weighted by molar-refractivity contribution is 6.31. The molecule has 1 fully saturated rings. The molecule has 2 aromatic rings. The van der Waals surface area contributed by atoms with Crippen LogP contribution in [-0.2, 0) is 6.54 Å². The average molecular weight is 439 g/mol. The Morgan fingerprint density at radius 2 is 2.00 bits per heavy atom. The number of imidazole rings is 1. The van der Waals surface area contributed by atoms with Gasteiger partial charge >= 0.3 is 5.91 Å². The van der Waals surface area contributed by atoms with Gasteiger partial charge in [-0.3, -0.25) is 4.79 Å². The van der Waals surface area contributed by atoms with Gasteiger partial charge in [-0.25, -0.2) is 4.98 Å². The molecule has 0 saturated carbocycles. The molecule has 0 unspecified atom stereocenters. The Hall–Kier alpha value is -2.99. The van der Waals surface area contributed by atoms with Crippen LogP contribution in [0.15, 0.2) is 53.9 Å². The van der Waals surface area contributed by atoms with Gasteiger partial charge in [-0.1, -0.05) is 42.0 Å². The third kappa shape index (κ3) is 4.85. The van der Waals surface area contributed by atoms with E-state index in [1.165, 1.54) is 0 Å². The van der Waals surface area contributed by atoms with Crippen molar-refractivity contribution in [3.63, 3.8) is 0 Å². The zero-order valence-corrected chi connectivity index (χ0v) is 18.9. The lowest BCUT2D eigenvalue weighted by Crippen LogP contribution is -2.17. The first-order valence-corrected chi connectivity index (χ1v) is 10.7. The number of nitrogens with zero attached hydrogens (tertiary/aromatic N) is 4. The highest BCUT2D eigenvalue weighted by Crippen LogP contribution is 2.27. The van der Waals surface area contributed by atoms with E-state index < -0.39 is 5.91 Å². The molecule has 1 saturated heterocycles. The topological polar surface area (TPSA) is 67.6 Å². The largest absolute Gasteiger partial charge is 0.372 e. The number of aromatic nitrogens is 2. The minimum Gasteiger partial charge on any atom is -0.372 e. The molecule has 6 nitrogen and oxygen atoms in total. The number of aryl methyl sites for hydroxylation is 2. The summed E-state index contributed by atoms with van der Waals surface area (Å²) in [6.45, 7) is 11.8. The Kier molecular flexibility index (Phi) is 7.23. The van der Waals surface area contributed by atoms with Gasteiger partial charge in [-0.05, 0) is 57.4 Å². The van der Waals surface area contributed by atoms with E-state index in [2.05, 4.69) is 21.6 Å². The summed E-state index contributed by atoms with van der Waals surface area (Å²) in [7, 11) is 0. The van der Waals surface area contributed by atoms with Crippen molar-refractivity contribution in [1.29, 1.82) is 0 Å². The quantitative estimate of drug-likeness (QED) is 0.412. The van der Waals surface area contributed by atoms with E-state index in [0.29, 0.717) is 23.1 Å². The lowest BCUT2D eigenvalue weighted by atomic mass is 10.1. The lowest BCUT2D eigenvalue weighted by Gasteiger charge is -2.19. The van der Waals surface area contributed by atoms with Crippen LogP contribution in [0.2, 0.25) is 5.02 Å². The van der Waals surface area contributed by atoms with Crippen molar-refractivity contribution in [3.05, 3.63) is 87.0 Å². The smallest absolute Gasteiger partial charge is 0.334 e. The Bertz CT molecular complexity index is 1080. The number of likely N-dealkylation sites (tertiary alicyclic amines) is 1. The number of carbonyl (C=O) groups excluding carboxylic acids is 1. The summed E-state index contributed by atoms with van der Waals surface area (Å²) in [4.78, 5) is 30.4. The van der Waals surface area contributed by atoms with E-state index in [9.17, 15) is 9.70 Å². The van der Waals surface area contributed by atoms with Gasteiger partial charge in [0.1, 0.15) is 11.5 Å². The predicted molar refractivity (Wildman–Crippen MR) is 125 cm³/mol. The number of hydrogen-bond donors (Lipinski definition) is 0. The molecule has 7 heteroatoms. The molecule has 31 heavy (non-hydrogen) atoms. The molecule has 0 aliphatic carbocycles. The summed E-state index contributed by atoms with van der Waals surface area (Å²) >= 11 is 6.43. The molecule has 3 rings (SSSR count). The van der Waals surface area contributed by atoms with E-state index in [-0.39, 0.29) is 5.69 Å². The van der Waals surface area contributed by atoms with Gasteiger partial charge in [0.15, 0.2) is 0 Å². The number of rotatable bonds is 7. The second kappa shape index (κ2) is 9.88. The molecule has 1 amide bonds. The van der Waals surface area contributed by atoms with Crippen molar-refractivity contribution >= 4 is 23.1 Å². The molecule has 1 aliphatic rings. The number of halogens is 1. The van der Waals surface area contributed by atoms with E-state index >= 15 is 0 Å². The maximum Gasteiger partial charge on any atom is 0.334 e.